The van der Waals surface area contributed by atoms with Gasteiger partial charge in [-0.2, -0.15) is 17.5 Å². The maximum absolute atomic E-state index is 14.5. The van der Waals surface area contributed by atoms with Crippen LogP contribution >= 0.6 is 0 Å². The molecule has 1 aromatic rings. The van der Waals surface area contributed by atoms with Crippen molar-refractivity contribution >= 4 is 21.6 Å². The van der Waals surface area contributed by atoms with Gasteiger partial charge in [-0.3, -0.25) is 9.79 Å². The average Bonchev–Trinajstić information content (AvgIpc) is 3.52. The quantitative estimate of drug-likeness (QED) is 0.422. The lowest BCUT2D eigenvalue weighted by molar-refractivity contribution is -0.140. The summed E-state index contributed by atoms with van der Waals surface area (Å²) in [6, 6.07) is 3.47. The number of ether oxygens (including phenoxy) is 1. The van der Waals surface area contributed by atoms with Crippen molar-refractivity contribution in [1.29, 1.82) is 0 Å². The van der Waals surface area contributed by atoms with Crippen molar-refractivity contribution in [2.24, 2.45) is 10.9 Å². The van der Waals surface area contributed by atoms with Crippen LogP contribution < -0.4 is 5.32 Å². The molecule has 0 bridgehead atoms. The van der Waals surface area contributed by atoms with E-state index in [9.17, 15) is 26.4 Å². The van der Waals surface area contributed by atoms with Gasteiger partial charge in [0, 0.05) is 43.0 Å². The molecule has 226 valence electrons. The fourth-order valence-corrected chi connectivity index (χ4v) is 8.77. The van der Waals surface area contributed by atoms with Gasteiger partial charge in [-0.25, -0.2) is 8.42 Å². The Labute approximate surface area is 240 Å². The van der Waals surface area contributed by atoms with Gasteiger partial charge >= 0.3 is 6.18 Å². The van der Waals surface area contributed by atoms with E-state index in [4.69, 9.17) is 4.74 Å². The number of carbonyl (C=O) groups excluding carboxylic acids is 1. The molecule has 3 aliphatic heterocycles. The van der Waals surface area contributed by atoms with Crippen LogP contribution in [0.3, 0.4) is 0 Å². The molecule has 1 saturated carbocycles. The summed E-state index contributed by atoms with van der Waals surface area (Å²) < 4.78 is 77.0. The summed E-state index contributed by atoms with van der Waals surface area (Å²) in [6.45, 7) is 4.79. The van der Waals surface area contributed by atoms with Crippen molar-refractivity contribution in [2.45, 2.75) is 107 Å². The van der Waals surface area contributed by atoms with Gasteiger partial charge in [0.15, 0.2) is 0 Å². The van der Waals surface area contributed by atoms with Gasteiger partial charge < -0.3 is 10.1 Å². The lowest BCUT2D eigenvalue weighted by atomic mass is 9.82. The highest BCUT2D eigenvalue weighted by atomic mass is 32.2. The number of sulfonamides is 1. The monoisotopic (exact) mass is 595 g/mol. The van der Waals surface area contributed by atoms with Gasteiger partial charge in [-0.15, -0.1) is 0 Å². The maximum Gasteiger partial charge on any atom is 0.417 e. The van der Waals surface area contributed by atoms with Crippen LogP contribution in [0, 0.1) is 5.92 Å². The molecule has 0 radical (unpaired) electrons. The molecule has 0 spiro atoms. The molecule has 41 heavy (non-hydrogen) atoms. The molecule has 1 unspecified atom stereocenters. The molecule has 0 aromatic heterocycles. The Bertz CT molecular complexity index is 1310. The second-order valence-corrected chi connectivity index (χ2v) is 14.3. The summed E-state index contributed by atoms with van der Waals surface area (Å²) in [4.78, 5) is 17.1. The second-order valence-electron chi connectivity index (χ2n) is 12.4. The van der Waals surface area contributed by atoms with Gasteiger partial charge in [-0.05, 0) is 75.6 Å². The molecule has 4 aliphatic rings. The number of carbonyl (C=O) groups is 1. The van der Waals surface area contributed by atoms with E-state index < -0.39 is 38.1 Å². The molecule has 11 heteroatoms. The van der Waals surface area contributed by atoms with Crippen LogP contribution in [0.1, 0.15) is 95.1 Å². The van der Waals surface area contributed by atoms with Crippen molar-refractivity contribution in [3.63, 3.8) is 0 Å². The molecule has 5 rings (SSSR count). The zero-order valence-electron chi connectivity index (χ0n) is 23.8. The summed E-state index contributed by atoms with van der Waals surface area (Å²) in [6.07, 6.45) is 5.33. The van der Waals surface area contributed by atoms with E-state index in [0.717, 1.165) is 37.8 Å². The van der Waals surface area contributed by atoms with Crippen molar-refractivity contribution in [3.05, 3.63) is 41.1 Å². The summed E-state index contributed by atoms with van der Waals surface area (Å²) in [5.41, 5.74) is -0.778. The standard InChI is InChI=1S/C30H40F3N3O4S/c1-29(2)13-6-14-36(29)41(38,39)27-10-9-21(18-24(27)30(31,32)33)23-19-26(28(37)34-22-11-15-40-16-12-22)35-25(23)17-20-7-4-3-5-8-20/h9-10,18-20,22-23H,3-8,11-17H2,1-2H3,(H,34,37). The Morgan fingerprint density at radius 2 is 1.80 bits per heavy atom. The first-order valence-corrected chi connectivity index (χ1v) is 16.2. The molecule has 3 heterocycles. The highest BCUT2D eigenvalue weighted by Crippen LogP contribution is 2.42. The van der Waals surface area contributed by atoms with E-state index in [1.54, 1.807) is 19.9 Å². The summed E-state index contributed by atoms with van der Waals surface area (Å²) in [5.74, 6) is -0.615. The zero-order chi connectivity index (χ0) is 29.4. The van der Waals surface area contributed by atoms with Crippen LogP contribution in [-0.4, -0.2) is 55.7 Å². The molecule has 2 saturated heterocycles. The molecule has 7 nitrogen and oxygen atoms in total. The normalized spacial score (nSPS) is 24.8. The number of hydrogen-bond donors (Lipinski definition) is 1. The highest BCUT2D eigenvalue weighted by Gasteiger charge is 2.45. The number of halogens is 3. The smallest absolute Gasteiger partial charge is 0.381 e. The third-order valence-electron chi connectivity index (χ3n) is 9.02. The van der Waals surface area contributed by atoms with Gasteiger partial charge in [0.1, 0.15) is 5.70 Å². The van der Waals surface area contributed by atoms with Crippen molar-refractivity contribution in [2.75, 3.05) is 19.8 Å². The SMILES string of the molecule is CC1(C)CCCN1S(=O)(=O)c1ccc(C2C=C(C(=O)NC3CCOCC3)N=C2CC2CCCCC2)cc1C(F)(F)F. The second kappa shape index (κ2) is 11.8. The van der Waals surface area contributed by atoms with Gasteiger partial charge in [0.2, 0.25) is 10.0 Å². The first-order chi connectivity index (χ1) is 19.4. The van der Waals surface area contributed by atoms with E-state index in [0.29, 0.717) is 62.5 Å². The number of rotatable bonds is 7. The molecular formula is C30H40F3N3O4S. The lowest BCUT2D eigenvalue weighted by Gasteiger charge is -2.31. The molecule has 1 N–H and O–H groups in total. The third-order valence-corrected chi connectivity index (χ3v) is 11.2. The number of amides is 1. The van der Waals surface area contributed by atoms with E-state index >= 15 is 0 Å². The van der Waals surface area contributed by atoms with Crippen LogP contribution in [-0.2, 0) is 25.7 Å². The number of aliphatic imine (C=N–C) groups is 1. The number of nitrogens with one attached hydrogen (secondary N) is 1. The van der Waals surface area contributed by atoms with Gasteiger partial charge in [0.25, 0.3) is 5.91 Å². The maximum atomic E-state index is 14.5. The van der Waals surface area contributed by atoms with Gasteiger partial charge in [0.05, 0.1) is 10.5 Å². The third kappa shape index (κ3) is 6.57. The minimum atomic E-state index is -4.88. The van der Waals surface area contributed by atoms with E-state index in [-0.39, 0.29) is 24.2 Å². The van der Waals surface area contributed by atoms with Crippen LogP contribution in [0.4, 0.5) is 13.2 Å². The Morgan fingerprint density at radius 3 is 2.44 bits per heavy atom. The fourth-order valence-electron chi connectivity index (χ4n) is 6.73. The Kier molecular flexibility index (Phi) is 8.70. The van der Waals surface area contributed by atoms with Crippen molar-refractivity contribution in [3.8, 4) is 0 Å². The van der Waals surface area contributed by atoms with Crippen LogP contribution in [0.15, 0.2) is 39.9 Å². The van der Waals surface area contributed by atoms with Crippen LogP contribution in [0.5, 0.6) is 0 Å². The topological polar surface area (TPSA) is 88.1 Å². The summed E-state index contributed by atoms with van der Waals surface area (Å²) in [7, 11) is -4.38. The number of allylic oxidation sites excluding steroid dienone is 1. The van der Waals surface area contributed by atoms with Crippen molar-refractivity contribution < 1.29 is 31.1 Å². The largest absolute Gasteiger partial charge is 0.417 e. The minimum Gasteiger partial charge on any atom is -0.381 e. The predicted octanol–water partition coefficient (Wildman–Crippen LogP) is 5.96. The van der Waals surface area contributed by atoms with Crippen molar-refractivity contribution in [1.82, 2.24) is 9.62 Å². The number of alkyl halides is 3. The Hall–Kier alpha value is -2.24. The first-order valence-electron chi connectivity index (χ1n) is 14.8. The molecule has 1 aliphatic carbocycles. The molecular weight excluding hydrogens is 555 g/mol. The number of hydrogen-bond acceptors (Lipinski definition) is 5. The van der Waals surface area contributed by atoms with Crippen LogP contribution in [0.2, 0.25) is 0 Å². The lowest BCUT2D eigenvalue weighted by Crippen LogP contribution is -2.43. The highest BCUT2D eigenvalue weighted by molar-refractivity contribution is 7.89. The summed E-state index contributed by atoms with van der Waals surface area (Å²) >= 11 is 0. The fraction of sp³-hybridized carbons (Fsp3) is 0.667. The molecule has 1 aromatic carbocycles. The Morgan fingerprint density at radius 1 is 1.10 bits per heavy atom. The molecule has 3 fully saturated rings. The minimum absolute atomic E-state index is 0.0376. The molecule has 1 atom stereocenters. The molecule has 1 amide bonds. The predicted molar refractivity (Wildman–Crippen MR) is 150 cm³/mol. The zero-order valence-corrected chi connectivity index (χ0v) is 24.6. The first kappa shape index (κ1) is 30.2. The van der Waals surface area contributed by atoms with E-state index in [1.807, 2.05) is 0 Å². The average molecular weight is 596 g/mol. The van der Waals surface area contributed by atoms with Crippen LogP contribution in [0.25, 0.3) is 0 Å². The Balaban J connectivity index is 1.49. The number of benzene rings is 1. The van der Waals surface area contributed by atoms with E-state index in [1.165, 1.54) is 16.8 Å². The van der Waals surface area contributed by atoms with E-state index in [2.05, 4.69) is 10.3 Å². The van der Waals surface area contributed by atoms with Gasteiger partial charge in [-0.1, -0.05) is 38.2 Å². The summed E-state index contributed by atoms with van der Waals surface area (Å²) in [5, 5.41) is 3.00. The number of nitrogens with zero attached hydrogens (tertiary/aromatic N) is 2.